The highest BCUT2D eigenvalue weighted by atomic mass is 32.2. The summed E-state index contributed by atoms with van der Waals surface area (Å²) in [6, 6.07) is 3.75. The number of thioether (sulfide) groups is 1. The Labute approximate surface area is 239 Å². The van der Waals surface area contributed by atoms with Crippen molar-refractivity contribution in [3.63, 3.8) is 0 Å². The topological polar surface area (TPSA) is 45.2 Å². The second-order valence-corrected chi connectivity index (χ2v) is 9.20. The van der Waals surface area contributed by atoms with Gasteiger partial charge in [-0.3, -0.25) is 9.78 Å². The first-order valence-electron chi connectivity index (χ1n) is 12.3. The molecule has 1 rings (SSSR count). The van der Waals surface area contributed by atoms with Gasteiger partial charge in [0.25, 0.3) is 0 Å². The first-order valence-corrected chi connectivity index (χ1v) is 13.9. The third kappa shape index (κ3) is 15.7. The maximum absolute atomic E-state index is 13.1. The van der Waals surface area contributed by atoms with Crippen molar-refractivity contribution in [2.75, 3.05) is 33.7 Å². The van der Waals surface area contributed by atoms with Gasteiger partial charge in [0.1, 0.15) is 0 Å². The van der Waals surface area contributed by atoms with Gasteiger partial charge in [-0.1, -0.05) is 37.3 Å². The molecule has 1 atom stereocenters. The molecular weight excluding hydrogens is 552 g/mol. The molecule has 0 aliphatic carbocycles. The van der Waals surface area contributed by atoms with Gasteiger partial charge in [-0.05, 0) is 70.5 Å². The van der Waals surface area contributed by atoms with Gasteiger partial charge in [-0.15, -0.1) is 0 Å². The molecule has 40 heavy (non-hydrogen) atoms. The van der Waals surface area contributed by atoms with E-state index >= 15 is 0 Å². The number of aldehydes is 1. The van der Waals surface area contributed by atoms with Gasteiger partial charge in [-0.25, -0.2) is 0 Å². The quantitative estimate of drug-likeness (QED) is 0.135. The van der Waals surface area contributed by atoms with E-state index < -0.39 is 23.5 Å². The molecule has 0 spiro atoms. The lowest BCUT2D eigenvalue weighted by atomic mass is 10.0. The minimum atomic E-state index is -4.42. The van der Waals surface area contributed by atoms with E-state index in [0.717, 1.165) is 23.8 Å². The Kier molecular flexibility index (Phi) is 19.8. The van der Waals surface area contributed by atoms with Crippen molar-refractivity contribution in [1.82, 2.24) is 15.2 Å². The summed E-state index contributed by atoms with van der Waals surface area (Å²) in [5.74, 6) is 0. The second kappa shape index (κ2) is 20.1. The molecule has 11 heteroatoms. The largest absolute Gasteiger partial charge is 0.416 e. The van der Waals surface area contributed by atoms with Crippen molar-refractivity contribution >= 4 is 23.6 Å². The van der Waals surface area contributed by atoms with E-state index in [1.165, 1.54) is 32.0 Å². The van der Waals surface area contributed by atoms with Crippen LogP contribution in [-0.2, 0) is 4.79 Å². The SMILES string of the molecule is C/C=C(\C=C(\C=O)N(C)C)C(F)(F)F.CSC.C\C=C/C(=C\C(=C\CC)C(F)(F)F)c1ccc([C@H](C)NC)cn1. The number of nitrogens with zero attached hydrogens (tertiary/aromatic N) is 2. The van der Waals surface area contributed by atoms with Gasteiger partial charge < -0.3 is 10.2 Å². The molecule has 0 aliphatic rings. The molecule has 4 nitrogen and oxygen atoms in total. The van der Waals surface area contributed by atoms with Crippen LogP contribution in [0, 0.1) is 0 Å². The van der Waals surface area contributed by atoms with E-state index in [0.29, 0.717) is 24.0 Å². The smallest absolute Gasteiger partial charge is 0.375 e. The molecule has 1 heterocycles. The molecular formula is C29H41F6N3OS. The average Bonchev–Trinajstić information content (AvgIpc) is 2.87. The zero-order chi connectivity index (χ0) is 31.5. The second-order valence-electron chi connectivity index (χ2n) is 8.38. The average molecular weight is 594 g/mol. The zero-order valence-electron chi connectivity index (χ0n) is 24.5. The lowest BCUT2D eigenvalue weighted by molar-refractivity contribution is -0.106. The molecule has 0 radical (unpaired) electrons. The third-order valence-corrected chi connectivity index (χ3v) is 5.00. The summed E-state index contributed by atoms with van der Waals surface area (Å²) in [6.07, 6.45) is 5.09. The number of allylic oxidation sites excluding steroid dienone is 10. The zero-order valence-corrected chi connectivity index (χ0v) is 25.4. The van der Waals surface area contributed by atoms with E-state index in [1.807, 2.05) is 32.5 Å². The van der Waals surface area contributed by atoms with Crippen LogP contribution in [0.3, 0.4) is 0 Å². The number of hydrogen-bond acceptors (Lipinski definition) is 5. The number of pyridine rings is 1. The Balaban J connectivity index is 0. The molecule has 1 N–H and O–H groups in total. The van der Waals surface area contributed by atoms with Crippen LogP contribution in [0.15, 0.2) is 71.6 Å². The highest BCUT2D eigenvalue weighted by Crippen LogP contribution is 2.30. The van der Waals surface area contributed by atoms with Crippen molar-refractivity contribution < 1.29 is 31.1 Å². The van der Waals surface area contributed by atoms with Gasteiger partial charge in [-0.2, -0.15) is 38.1 Å². The third-order valence-electron chi connectivity index (χ3n) is 5.00. The Hall–Kier alpha value is -2.79. The summed E-state index contributed by atoms with van der Waals surface area (Å²) in [7, 11) is 4.85. The van der Waals surface area contributed by atoms with Crippen LogP contribution in [-0.4, -0.2) is 62.2 Å². The number of halogens is 6. The Bertz CT molecular complexity index is 1020. The summed E-state index contributed by atoms with van der Waals surface area (Å²) in [6.45, 7) is 6.71. The summed E-state index contributed by atoms with van der Waals surface area (Å²) in [4.78, 5) is 16.0. The number of nitrogens with one attached hydrogen (secondary N) is 1. The lowest BCUT2D eigenvalue weighted by Crippen LogP contribution is -2.16. The fourth-order valence-corrected chi connectivity index (χ4v) is 2.79. The van der Waals surface area contributed by atoms with Crippen molar-refractivity contribution in [2.45, 2.75) is 52.5 Å². The molecule has 0 bridgehead atoms. The van der Waals surface area contributed by atoms with Crippen LogP contribution >= 0.6 is 11.8 Å². The van der Waals surface area contributed by atoms with Crippen LogP contribution in [0.2, 0.25) is 0 Å². The summed E-state index contributed by atoms with van der Waals surface area (Å²) < 4.78 is 75.9. The predicted octanol–water partition coefficient (Wildman–Crippen LogP) is 8.34. The van der Waals surface area contributed by atoms with Crippen molar-refractivity contribution in [1.29, 1.82) is 0 Å². The van der Waals surface area contributed by atoms with Crippen molar-refractivity contribution in [2.24, 2.45) is 0 Å². The molecule has 0 fully saturated rings. The molecule has 1 aromatic heterocycles. The van der Waals surface area contributed by atoms with Gasteiger partial charge in [0, 0.05) is 31.9 Å². The fourth-order valence-electron chi connectivity index (χ4n) is 2.79. The number of carbonyl (C=O) groups is 1. The number of likely N-dealkylation sites (N-methyl/N-ethyl adjacent to an activating group) is 1. The minimum Gasteiger partial charge on any atom is -0.375 e. The normalized spacial score (nSPS) is 14.2. The van der Waals surface area contributed by atoms with E-state index in [9.17, 15) is 31.1 Å². The maximum atomic E-state index is 13.1. The Morgan fingerprint density at radius 3 is 1.93 bits per heavy atom. The monoisotopic (exact) mass is 593 g/mol. The molecule has 226 valence electrons. The van der Waals surface area contributed by atoms with E-state index in [1.54, 1.807) is 50.0 Å². The first kappa shape index (κ1) is 39.4. The lowest BCUT2D eigenvalue weighted by Gasteiger charge is -2.13. The Morgan fingerprint density at radius 2 is 1.60 bits per heavy atom. The molecule has 0 saturated heterocycles. The highest BCUT2D eigenvalue weighted by Gasteiger charge is 2.32. The summed E-state index contributed by atoms with van der Waals surface area (Å²) in [5, 5.41) is 3.10. The van der Waals surface area contributed by atoms with Crippen LogP contribution in [0.25, 0.3) is 5.57 Å². The van der Waals surface area contributed by atoms with E-state index in [-0.39, 0.29) is 11.7 Å². The standard InChI is InChI=1S/C18H23F3N2.C9H12F3NO.C2H6S/c1-5-7-14(11-16(8-6-2)18(19,20)21)17-10-9-15(12-23-17)13(3)22-4;1-4-7(9(10,11)12)5-8(6-14)13(2)3;1-3-2/h5,7-13,22H,6H2,1-4H3;4-6H,1-3H3;1-2H3/b7-5-,14-11+,16-8-;7-4+,8-5-;/t13-;;/m0../s1. The molecule has 0 aliphatic heterocycles. The molecule has 0 amide bonds. The molecule has 1 aromatic rings. The van der Waals surface area contributed by atoms with Gasteiger partial charge in [0.15, 0.2) is 6.29 Å². The van der Waals surface area contributed by atoms with Crippen LogP contribution in [0.5, 0.6) is 0 Å². The summed E-state index contributed by atoms with van der Waals surface area (Å²) in [5.41, 5.74) is 0.442. The highest BCUT2D eigenvalue weighted by molar-refractivity contribution is 7.97. The van der Waals surface area contributed by atoms with Crippen LogP contribution in [0.1, 0.15) is 51.4 Å². The number of alkyl halides is 6. The van der Waals surface area contributed by atoms with Crippen LogP contribution < -0.4 is 5.32 Å². The molecule has 0 unspecified atom stereocenters. The fraction of sp³-hybridized carbons (Fsp3) is 0.448. The first-order chi connectivity index (χ1) is 18.6. The van der Waals surface area contributed by atoms with Gasteiger partial charge >= 0.3 is 12.4 Å². The number of aromatic nitrogens is 1. The molecule has 0 saturated carbocycles. The van der Waals surface area contributed by atoms with E-state index in [4.69, 9.17) is 0 Å². The van der Waals surface area contributed by atoms with Crippen molar-refractivity contribution in [3.05, 3.63) is 82.9 Å². The minimum absolute atomic E-state index is 0.0181. The molecule has 0 aromatic carbocycles. The Morgan fingerprint density at radius 1 is 1.05 bits per heavy atom. The van der Waals surface area contributed by atoms with Gasteiger partial charge in [0.2, 0.25) is 0 Å². The van der Waals surface area contributed by atoms with Crippen molar-refractivity contribution in [3.8, 4) is 0 Å². The summed E-state index contributed by atoms with van der Waals surface area (Å²) >= 11 is 1.75. The predicted molar refractivity (Wildman–Crippen MR) is 156 cm³/mol. The van der Waals surface area contributed by atoms with Crippen LogP contribution in [0.4, 0.5) is 26.3 Å². The maximum Gasteiger partial charge on any atom is 0.416 e. The number of carbonyl (C=O) groups excluding carboxylic acids is 1. The van der Waals surface area contributed by atoms with Gasteiger partial charge in [0.05, 0.1) is 22.5 Å². The number of rotatable bonds is 9. The number of hydrogen-bond donors (Lipinski definition) is 1. The van der Waals surface area contributed by atoms with E-state index in [2.05, 4.69) is 10.3 Å².